The first-order valence-electron chi connectivity index (χ1n) is 9.26. The van der Waals surface area contributed by atoms with E-state index in [1.165, 1.54) is 5.56 Å². The molecule has 1 saturated heterocycles. The van der Waals surface area contributed by atoms with Crippen LogP contribution < -0.4 is 4.90 Å². The van der Waals surface area contributed by atoms with Crippen LogP contribution in [0.4, 0.5) is 5.69 Å². The highest BCUT2D eigenvalue weighted by Gasteiger charge is 2.30. The minimum atomic E-state index is -0.318. The maximum atomic E-state index is 12.6. The molecule has 1 aromatic rings. The predicted molar refractivity (Wildman–Crippen MR) is 99.6 cm³/mol. The van der Waals surface area contributed by atoms with Gasteiger partial charge in [-0.05, 0) is 18.1 Å². The number of nitrogens with zero attached hydrogens (tertiary/aromatic N) is 3. The van der Waals surface area contributed by atoms with Crippen LogP contribution in [0.1, 0.15) is 32.8 Å². The van der Waals surface area contributed by atoms with Gasteiger partial charge in [-0.3, -0.25) is 14.5 Å². The molecule has 1 fully saturated rings. The Kier molecular flexibility index (Phi) is 5.13. The number of para-hydroxylation sites is 1. The maximum Gasteiger partial charge on any atom is 0.228 e. The van der Waals surface area contributed by atoms with Gasteiger partial charge in [0, 0.05) is 56.8 Å². The van der Waals surface area contributed by atoms with E-state index in [2.05, 4.69) is 11.0 Å². The zero-order valence-corrected chi connectivity index (χ0v) is 15.6. The fourth-order valence-electron chi connectivity index (χ4n) is 3.63. The van der Waals surface area contributed by atoms with Crippen molar-refractivity contribution in [2.75, 3.05) is 44.2 Å². The monoisotopic (exact) mass is 343 g/mol. The molecule has 25 heavy (non-hydrogen) atoms. The standard InChI is InChI=1S/C20H29N3O2/c1-20(2,3)19(25)22-14-12-21(13-15-22)10-9-18(24)23-11-8-16-6-4-5-7-17(16)23/h4-7H,8-15H2,1-3H3. The van der Waals surface area contributed by atoms with E-state index in [9.17, 15) is 9.59 Å². The molecule has 0 saturated carbocycles. The average Bonchev–Trinajstić information content (AvgIpc) is 3.03. The van der Waals surface area contributed by atoms with E-state index in [0.717, 1.165) is 51.4 Å². The zero-order chi connectivity index (χ0) is 18.0. The van der Waals surface area contributed by atoms with Gasteiger partial charge in [0.25, 0.3) is 0 Å². The van der Waals surface area contributed by atoms with Crippen molar-refractivity contribution in [2.24, 2.45) is 5.41 Å². The molecule has 2 amide bonds. The first-order chi connectivity index (χ1) is 11.9. The molecule has 3 rings (SSSR count). The molecule has 2 aliphatic rings. The van der Waals surface area contributed by atoms with Gasteiger partial charge in [-0.2, -0.15) is 0 Å². The second-order valence-electron chi connectivity index (χ2n) is 8.06. The molecule has 0 spiro atoms. The molecule has 5 heteroatoms. The lowest BCUT2D eigenvalue weighted by atomic mass is 9.94. The Morgan fingerprint density at radius 1 is 1.00 bits per heavy atom. The van der Waals surface area contributed by atoms with Crippen LogP contribution in [0, 0.1) is 5.41 Å². The quantitative estimate of drug-likeness (QED) is 0.845. The minimum Gasteiger partial charge on any atom is -0.340 e. The van der Waals surface area contributed by atoms with Crippen LogP contribution in [0.2, 0.25) is 0 Å². The number of rotatable bonds is 3. The summed E-state index contributed by atoms with van der Waals surface area (Å²) >= 11 is 0. The molecule has 0 bridgehead atoms. The van der Waals surface area contributed by atoms with Crippen molar-refractivity contribution in [3.05, 3.63) is 29.8 Å². The van der Waals surface area contributed by atoms with Crippen molar-refractivity contribution in [2.45, 2.75) is 33.6 Å². The summed E-state index contributed by atoms with van der Waals surface area (Å²) in [6.07, 6.45) is 1.50. The van der Waals surface area contributed by atoms with E-state index < -0.39 is 0 Å². The van der Waals surface area contributed by atoms with Crippen LogP contribution in [-0.2, 0) is 16.0 Å². The van der Waals surface area contributed by atoms with Gasteiger partial charge >= 0.3 is 0 Å². The summed E-state index contributed by atoms with van der Waals surface area (Å²) in [4.78, 5) is 31.1. The van der Waals surface area contributed by atoms with Crippen LogP contribution >= 0.6 is 0 Å². The van der Waals surface area contributed by atoms with Gasteiger partial charge < -0.3 is 9.80 Å². The van der Waals surface area contributed by atoms with E-state index in [-0.39, 0.29) is 17.2 Å². The Morgan fingerprint density at radius 3 is 2.36 bits per heavy atom. The highest BCUT2D eigenvalue weighted by Crippen LogP contribution is 2.28. The summed E-state index contributed by atoms with van der Waals surface area (Å²) in [5, 5.41) is 0. The molecule has 0 aromatic heterocycles. The van der Waals surface area contributed by atoms with Gasteiger partial charge in [0.1, 0.15) is 0 Å². The summed E-state index contributed by atoms with van der Waals surface area (Å²) in [5.74, 6) is 0.426. The molecule has 0 unspecified atom stereocenters. The van der Waals surface area contributed by atoms with Crippen molar-refractivity contribution in [1.29, 1.82) is 0 Å². The first kappa shape index (κ1) is 17.9. The number of benzene rings is 1. The van der Waals surface area contributed by atoms with Gasteiger partial charge in [-0.25, -0.2) is 0 Å². The molecule has 0 aliphatic carbocycles. The Hall–Kier alpha value is -1.88. The SMILES string of the molecule is CC(C)(C)C(=O)N1CCN(CCC(=O)N2CCc3ccccc32)CC1. The Labute approximate surface area is 150 Å². The molecule has 5 nitrogen and oxygen atoms in total. The lowest BCUT2D eigenvalue weighted by molar-refractivity contribution is -0.141. The van der Waals surface area contributed by atoms with Gasteiger partial charge in [0.05, 0.1) is 0 Å². The van der Waals surface area contributed by atoms with Gasteiger partial charge in [0.15, 0.2) is 0 Å². The van der Waals surface area contributed by atoms with Crippen LogP contribution in [0.25, 0.3) is 0 Å². The van der Waals surface area contributed by atoms with Crippen molar-refractivity contribution in [1.82, 2.24) is 9.80 Å². The van der Waals surface area contributed by atoms with Crippen LogP contribution in [0.3, 0.4) is 0 Å². The van der Waals surface area contributed by atoms with E-state index in [1.807, 2.05) is 48.8 Å². The number of fused-ring (bicyclic) bond motifs is 1. The molecule has 1 aromatic carbocycles. The summed E-state index contributed by atoms with van der Waals surface area (Å²) in [7, 11) is 0. The molecule has 2 heterocycles. The van der Waals surface area contributed by atoms with Gasteiger partial charge in [-0.1, -0.05) is 39.0 Å². The second-order valence-corrected chi connectivity index (χ2v) is 8.06. The number of piperazine rings is 1. The number of anilines is 1. The number of amides is 2. The first-order valence-corrected chi connectivity index (χ1v) is 9.26. The normalized spacial score (nSPS) is 18.4. The van der Waals surface area contributed by atoms with Gasteiger partial charge in [0.2, 0.25) is 11.8 Å². The fraction of sp³-hybridized carbons (Fsp3) is 0.600. The van der Waals surface area contributed by atoms with E-state index in [0.29, 0.717) is 6.42 Å². The number of carbonyl (C=O) groups is 2. The summed E-state index contributed by atoms with van der Waals surface area (Å²) in [6, 6.07) is 8.17. The third kappa shape index (κ3) is 4.03. The molecule has 136 valence electrons. The molecular formula is C20H29N3O2. The Morgan fingerprint density at radius 2 is 1.68 bits per heavy atom. The van der Waals surface area contributed by atoms with Crippen LogP contribution in [0.5, 0.6) is 0 Å². The maximum absolute atomic E-state index is 12.6. The van der Waals surface area contributed by atoms with Gasteiger partial charge in [-0.15, -0.1) is 0 Å². The van der Waals surface area contributed by atoms with E-state index >= 15 is 0 Å². The topological polar surface area (TPSA) is 43.9 Å². The number of carbonyl (C=O) groups excluding carboxylic acids is 2. The fourth-order valence-corrected chi connectivity index (χ4v) is 3.63. The average molecular weight is 343 g/mol. The Balaban J connectivity index is 1.46. The lowest BCUT2D eigenvalue weighted by Crippen LogP contribution is -2.52. The second kappa shape index (κ2) is 7.16. The van der Waals surface area contributed by atoms with Crippen LogP contribution in [-0.4, -0.2) is 60.9 Å². The van der Waals surface area contributed by atoms with Crippen molar-refractivity contribution < 1.29 is 9.59 Å². The van der Waals surface area contributed by atoms with Crippen molar-refractivity contribution in [3.63, 3.8) is 0 Å². The van der Waals surface area contributed by atoms with Crippen molar-refractivity contribution in [3.8, 4) is 0 Å². The third-order valence-corrected chi connectivity index (χ3v) is 5.13. The van der Waals surface area contributed by atoms with E-state index in [1.54, 1.807) is 0 Å². The molecule has 0 atom stereocenters. The smallest absolute Gasteiger partial charge is 0.228 e. The summed E-state index contributed by atoms with van der Waals surface area (Å²) < 4.78 is 0. The number of hydrogen-bond donors (Lipinski definition) is 0. The third-order valence-electron chi connectivity index (χ3n) is 5.13. The zero-order valence-electron chi connectivity index (χ0n) is 15.6. The molecule has 0 N–H and O–H groups in total. The lowest BCUT2D eigenvalue weighted by Gasteiger charge is -2.37. The highest BCUT2D eigenvalue weighted by molar-refractivity contribution is 5.95. The summed E-state index contributed by atoms with van der Waals surface area (Å²) in [6.45, 7) is 10.7. The Bertz CT molecular complexity index is 643. The van der Waals surface area contributed by atoms with Crippen molar-refractivity contribution >= 4 is 17.5 Å². The predicted octanol–water partition coefficient (Wildman–Crippen LogP) is 2.16. The minimum absolute atomic E-state index is 0.207. The highest BCUT2D eigenvalue weighted by atomic mass is 16.2. The summed E-state index contributed by atoms with van der Waals surface area (Å²) in [5.41, 5.74) is 2.03. The molecule has 0 radical (unpaired) electrons. The number of hydrogen-bond acceptors (Lipinski definition) is 3. The molecule has 2 aliphatic heterocycles. The van der Waals surface area contributed by atoms with E-state index in [4.69, 9.17) is 0 Å². The largest absolute Gasteiger partial charge is 0.340 e. The van der Waals surface area contributed by atoms with Crippen LogP contribution in [0.15, 0.2) is 24.3 Å². The molecular weight excluding hydrogens is 314 g/mol.